The van der Waals surface area contributed by atoms with Crippen LogP contribution in [0.1, 0.15) is 51.9 Å². The summed E-state index contributed by atoms with van der Waals surface area (Å²) in [5.41, 5.74) is 1.63. The zero-order chi connectivity index (χ0) is 10.2. The Balaban J connectivity index is 2.20. The van der Waals surface area contributed by atoms with Gasteiger partial charge in [0.25, 0.3) is 0 Å². The van der Waals surface area contributed by atoms with E-state index in [0.29, 0.717) is 0 Å². The number of hydrogen-bond acceptors (Lipinski definition) is 1. The Hall–Kier alpha value is -0.300. The van der Waals surface area contributed by atoms with Crippen molar-refractivity contribution in [2.24, 2.45) is 5.92 Å². The molecule has 0 heterocycles. The van der Waals surface area contributed by atoms with Crippen molar-refractivity contribution in [1.29, 1.82) is 0 Å². The Morgan fingerprint density at radius 3 is 2.64 bits per heavy atom. The zero-order valence-corrected chi connectivity index (χ0v) is 9.72. The van der Waals surface area contributed by atoms with Crippen LogP contribution in [-0.4, -0.2) is 13.7 Å². The number of unbranched alkanes of at least 4 members (excludes halogenated alkanes) is 1. The molecule has 14 heavy (non-hydrogen) atoms. The van der Waals surface area contributed by atoms with Crippen molar-refractivity contribution >= 4 is 0 Å². The van der Waals surface area contributed by atoms with E-state index in [1.807, 2.05) is 0 Å². The lowest BCUT2D eigenvalue weighted by atomic mass is 9.84. The van der Waals surface area contributed by atoms with E-state index in [4.69, 9.17) is 4.74 Å². The van der Waals surface area contributed by atoms with Gasteiger partial charge in [-0.15, -0.1) is 0 Å². The van der Waals surface area contributed by atoms with Crippen LogP contribution in [0.15, 0.2) is 11.6 Å². The van der Waals surface area contributed by atoms with Crippen molar-refractivity contribution < 1.29 is 4.74 Å². The van der Waals surface area contributed by atoms with Crippen LogP contribution in [0.5, 0.6) is 0 Å². The first-order chi connectivity index (χ1) is 6.84. The second-order valence-electron chi connectivity index (χ2n) is 4.42. The second-order valence-corrected chi connectivity index (χ2v) is 4.42. The van der Waals surface area contributed by atoms with Crippen molar-refractivity contribution in [2.75, 3.05) is 13.7 Å². The van der Waals surface area contributed by atoms with Crippen molar-refractivity contribution in [3.05, 3.63) is 11.6 Å². The second kappa shape index (κ2) is 7.05. The SMILES string of the molecule is COCCC/C=C(/C)C1CCCCC1. The van der Waals surface area contributed by atoms with Gasteiger partial charge in [0.2, 0.25) is 0 Å². The summed E-state index contributed by atoms with van der Waals surface area (Å²) in [5.74, 6) is 0.895. The van der Waals surface area contributed by atoms with Gasteiger partial charge in [-0.25, -0.2) is 0 Å². The van der Waals surface area contributed by atoms with E-state index < -0.39 is 0 Å². The molecule has 0 aliphatic heterocycles. The monoisotopic (exact) mass is 196 g/mol. The highest BCUT2D eigenvalue weighted by Crippen LogP contribution is 2.29. The van der Waals surface area contributed by atoms with E-state index >= 15 is 0 Å². The van der Waals surface area contributed by atoms with Crippen LogP contribution >= 0.6 is 0 Å². The van der Waals surface area contributed by atoms with Crippen LogP contribution in [0.4, 0.5) is 0 Å². The van der Waals surface area contributed by atoms with Gasteiger partial charge in [0.1, 0.15) is 0 Å². The average molecular weight is 196 g/mol. The minimum atomic E-state index is 0.895. The molecule has 1 heteroatoms. The van der Waals surface area contributed by atoms with Crippen LogP contribution in [-0.2, 0) is 4.74 Å². The molecule has 0 aromatic carbocycles. The van der Waals surface area contributed by atoms with Gasteiger partial charge in [-0.1, -0.05) is 30.9 Å². The van der Waals surface area contributed by atoms with E-state index in [1.54, 1.807) is 12.7 Å². The summed E-state index contributed by atoms with van der Waals surface area (Å²) < 4.78 is 5.04. The normalized spacial score (nSPS) is 20.0. The van der Waals surface area contributed by atoms with E-state index in [9.17, 15) is 0 Å². The predicted molar refractivity (Wildman–Crippen MR) is 61.4 cm³/mol. The number of allylic oxidation sites excluding steroid dienone is 2. The molecule has 0 spiro atoms. The molecule has 1 saturated carbocycles. The van der Waals surface area contributed by atoms with Gasteiger partial charge in [-0.05, 0) is 38.5 Å². The molecule has 1 rings (SSSR count). The molecule has 1 aliphatic carbocycles. The van der Waals surface area contributed by atoms with Crippen LogP contribution < -0.4 is 0 Å². The highest BCUT2D eigenvalue weighted by Gasteiger charge is 2.13. The fourth-order valence-corrected chi connectivity index (χ4v) is 2.28. The van der Waals surface area contributed by atoms with Gasteiger partial charge < -0.3 is 4.74 Å². The predicted octanol–water partition coefficient (Wildman–Crippen LogP) is 3.94. The highest BCUT2D eigenvalue weighted by atomic mass is 16.5. The zero-order valence-electron chi connectivity index (χ0n) is 9.72. The molecule has 0 amide bonds. The van der Waals surface area contributed by atoms with Crippen molar-refractivity contribution in [3.63, 3.8) is 0 Å². The fourth-order valence-electron chi connectivity index (χ4n) is 2.28. The molecule has 0 bridgehead atoms. The number of methoxy groups -OCH3 is 1. The molecule has 0 unspecified atom stereocenters. The Bertz CT molecular complexity index is 166. The average Bonchev–Trinajstić information content (AvgIpc) is 2.25. The van der Waals surface area contributed by atoms with Gasteiger partial charge in [-0.2, -0.15) is 0 Å². The Morgan fingerprint density at radius 2 is 2.00 bits per heavy atom. The molecule has 1 fully saturated rings. The molecule has 0 radical (unpaired) electrons. The number of rotatable bonds is 5. The molecule has 1 aliphatic rings. The topological polar surface area (TPSA) is 9.23 Å². The molecule has 0 atom stereocenters. The summed E-state index contributed by atoms with van der Waals surface area (Å²) in [7, 11) is 1.78. The highest BCUT2D eigenvalue weighted by molar-refractivity contribution is 5.04. The van der Waals surface area contributed by atoms with Gasteiger partial charge >= 0.3 is 0 Å². The minimum Gasteiger partial charge on any atom is -0.385 e. The molecular formula is C13H24O. The summed E-state index contributed by atoms with van der Waals surface area (Å²) in [6.07, 6.45) is 12.0. The van der Waals surface area contributed by atoms with E-state index in [0.717, 1.165) is 12.5 Å². The maximum atomic E-state index is 5.04. The summed E-state index contributed by atoms with van der Waals surface area (Å²) in [5, 5.41) is 0. The Kier molecular flexibility index (Phi) is 5.93. The largest absolute Gasteiger partial charge is 0.385 e. The maximum absolute atomic E-state index is 5.04. The third kappa shape index (κ3) is 4.28. The summed E-state index contributed by atoms with van der Waals surface area (Å²) >= 11 is 0. The maximum Gasteiger partial charge on any atom is 0.0465 e. The summed E-state index contributed by atoms with van der Waals surface area (Å²) in [6.45, 7) is 3.21. The van der Waals surface area contributed by atoms with Crippen molar-refractivity contribution in [1.82, 2.24) is 0 Å². The molecule has 0 saturated heterocycles. The summed E-state index contributed by atoms with van der Waals surface area (Å²) in [6, 6.07) is 0. The van der Waals surface area contributed by atoms with Crippen LogP contribution in [0, 0.1) is 5.92 Å². The lowest BCUT2D eigenvalue weighted by Crippen LogP contribution is -2.07. The third-order valence-electron chi connectivity index (χ3n) is 3.27. The van der Waals surface area contributed by atoms with E-state index in [-0.39, 0.29) is 0 Å². The molecule has 82 valence electrons. The first-order valence-electron chi connectivity index (χ1n) is 6.00. The molecule has 0 N–H and O–H groups in total. The van der Waals surface area contributed by atoms with E-state index in [2.05, 4.69) is 13.0 Å². The smallest absolute Gasteiger partial charge is 0.0465 e. The molecule has 0 aromatic heterocycles. The standard InChI is InChI=1S/C13H24O/c1-12(8-6-7-11-14-2)13-9-4-3-5-10-13/h8,13H,3-7,9-11H2,1-2H3/b12-8-. The third-order valence-corrected chi connectivity index (χ3v) is 3.27. The summed E-state index contributed by atoms with van der Waals surface area (Å²) in [4.78, 5) is 0. The molecular weight excluding hydrogens is 172 g/mol. The number of ether oxygens (including phenoxy) is 1. The quantitative estimate of drug-likeness (QED) is 0.478. The first-order valence-corrected chi connectivity index (χ1v) is 6.00. The Morgan fingerprint density at radius 1 is 1.29 bits per heavy atom. The van der Waals surface area contributed by atoms with Gasteiger partial charge in [0.15, 0.2) is 0 Å². The van der Waals surface area contributed by atoms with Crippen molar-refractivity contribution in [2.45, 2.75) is 51.9 Å². The molecule has 1 nitrogen and oxygen atoms in total. The van der Waals surface area contributed by atoms with Gasteiger partial charge in [-0.3, -0.25) is 0 Å². The van der Waals surface area contributed by atoms with Gasteiger partial charge in [0, 0.05) is 13.7 Å². The van der Waals surface area contributed by atoms with Gasteiger partial charge in [0.05, 0.1) is 0 Å². The molecule has 0 aromatic rings. The van der Waals surface area contributed by atoms with Crippen LogP contribution in [0.3, 0.4) is 0 Å². The Labute approximate surface area is 88.5 Å². The number of hydrogen-bond donors (Lipinski definition) is 0. The lowest BCUT2D eigenvalue weighted by molar-refractivity contribution is 0.195. The fraction of sp³-hybridized carbons (Fsp3) is 0.846. The first kappa shape index (κ1) is 11.8. The minimum absolute atomic E-state index is 0.895. The van der Waals surface area contributed by atoms with Crippen LogP contribution in [0.2, 0.25) is 0 Å². The van der Waals surface area contributed by atoms with Crippen LogP contribution in [0.25, 0.3) is 0 Å². The lowest BCUT2D eigenvalue weighted by Gasteiger charge is -2.22. The van der Waals surface area contributed by atoms with E-state index in [1.165, 1.54) is 44.9 Å². The van der Waals surface area contributed by atoms with Crippen molar-refractivity contribution in [3.8, 4) is 0 Å².